The fourth-order valence-corrected chi connectivity index (χ4v) is 4.33. The van der Waals surface area contributed by atoms with Gasteiger partial charge in [-0.2, -0.15) is 5.26 Å². The average molecular weight is 403 g/mol. The minimum absolute atomic E-state index is 0.191. The van der Waals surface area contributed by atoms with Gasteiger partial charge in [-0.25, -0.2) is 4.79 Å². The van der Waals surface area contributed by atoms with Crippen LogP contribution in [0.25, 0.3) is 0 Å². The van der Waals surface area contributed by atoms with E-state index in [1.165, 1.54) is 5.56 Å². The molecule has 1 aromatic heterocycles. The minimum atomic E-state index is -0.440. The number of benzene rings is 1. The van der Waals surface area contributed by atoms with E-state index in [2.05, 4.69) is 19.2 Å². The first-order chi connectivity index (χ1) is 12.9. The van der Waals surface area contributed by atoms with Crippen LogP contribution in [0, 0.1) is 17.6 Å². The molecule has 0 aliphatic heterocycles. The molecule has 0 aliphatic rings. The van der Waals surface area contributed by atoms with Gasteiger partial charge in [0.05, 0.1) is 17.9 Å². The van der Waals surface area contributed by atoms with Gasteiger partial charge in [-0.3, -0.25) is 4.79 Å². The molecule has 0 saturated heterocycles. The van der Waals surface area contributed by atoms with Gasteiger partial charge in [-0.15, -0.1) is 11.3 Å². The third-order valence-electron chi connectivity index (χ3n) is 3.96. The van der Waals surface area contributed by atoms with Crippen LogP contribution in [0.15, 0.2) is 29.2 Å². The highest BCUT2D eigenvalue weighted by Crippen LogP contribution is 2.40. The van der Waals surface area contributed by atoms with E-state index in [4.69, 9.17) is 10.00 Å². The molecule has 142 valence electrons. The third kappa shape index (κ3) is 5.34. The summed E-state index contributed by atoms with van der Waals surface area (Å²) in [5, 5.41) is 14.4. The van der Waals surface area contributed by atoms with Crippen molar-refractivity contribution in [3.63, 3.8) is 0 Å². The number of nitrogens with zero attached hydrogens (tertiary/aromatic N) is 1. The van der Waals surface area contributed by atoms with Crippen LogP contribution < -0.4 is 5.32 Å². The predicted octanol–water partition coefficient (Wildman–Crippen LogP) is 5.11. The molecule has 1 heterocycles. The summed E-state index contributed by atoms with van der Waals surface area (Å²) in [4.78, 5) is 25.5. The van der Waals surface area contributed by atoms with Crippen molar-refractivity contribution in [2.75, 3.05) is 11.9 Å². The first-order valence-electron chi connectivity index (χ1n) is 8.62. The zero-order valence-electron chi connectivity index (χ0n) is 15.8. The smallest absolute Gasteiger partial charge is 0.348 e. The summed E-state index contributed by atoms with van der Waals surface area (Å²) in [6, 6.07) is 7.95. The number of thiocyanates is 1. The lowest BCUT2D eigenvalue weighted by molar-refractivity contribution is -0.115. The Morgan fingerprint density at radius 3 is 2.52 bits per heavy atom. The zero-order valence-corrected chi connectivity index (χ0v) is 17.4. The highest BCUT2D eigenvalue weighted by Gasteiger charge is 2.22. The second-order valence-electron chi connectivity index (χ2n) is 6.25. The molecule has 0 unspecified atom stereocenters. The highest BCUT2D eigenvalue weighted by molar-refractivity contribution is 8.04. The van der Waals surface area contributed by atoms with Crippen LogP contribution in [0.4, 0.5) is 5.00 Å². The van der Waals surface area contributed by atoms with E-state index < -0.39 is 5.97 Å². The average Bonchev–Trinajstić information content (AvgIpc) is 2.92. The number of carbonyl (C=O) groups excluding carboxylic acids is 2. The third-order valence-corrected chi connectivity index (χ3v) is 6.09. The Morgan fingerprint density at radius 1 is 1.30 bits per heavy atom. The van der Waals surface area contributed by atoms with Crippen molar-refractivity contribution in [3.05, 3.63) is 45.8 Å². The Morgan fingerprint density at radius 2 is 1.96 bits per heavy atom. The van der Waals surface area contributed by atoms with Crippen molar-refractivity contribution in [1.82, 2.24) is 0 Å². The van der Waals surface area contributed by atoms with Gasteiger partial charge in [0.2, 0.25) is 5.91 Å². The van der Waals surface area contributed by atoms with Crippen molar-refractivity contribution >= 4 is 40.0 Å². The second kappa shape index (κ2) is 9.58. The summed E-state index contributed by atoms with van der Waals surface area (Å²) in [7, 11) is 0. The quantitative estimate of drug-likeness (QED) is 0.395. The minimum Gasteiger partial charge on any atom is -0.462 e. The van der Waals surface area contributed by atoms with Crippen molar-refractivity contribution in [1.29, 1.82) is 5.26 Å². The fourth-order valence-electron chi connectivity index (χ4n) is 2.52. The van der Waals surface area contributed by atoms with Gasteiger partial charge < -0.3 is 10.1 Å². The Hall–Kier alpha value is -2.30. The summed E-state index contributed by atoms with van der Waals surface area (Å²) in [6.07, 6.45) is 0.223. The first-order valence-corrected chi connectivity index (χ1v) is 10.3. The largest absolute Gasteiger partial charge is 0.462 e. The molecule has 2 aromatic rings. The molecule has 0 aliphatic carbocycles. The molecule has 0 saturated carbocycles. The topological polar surface area (TPSA) is 79.2 Å². The van der Waals surface area contributed by atoms with Gasteiger partial charge in [-0.05, 0) is 48.2 Å². The highest BCUT2D eigenvalue weighted by atomic mass is 32.2. The lowest BCUT2D eigenvalue weighted by atomic mass is 10.0. The summed E-state index contributed by atoms with van der Waals surface area (Å²) in [6.45, 7) is 8.00. The zero-order chi connectivity index (χ0) is 20.0. The number of nitriles is 1. The molecule has 1 N–H and O–H groups in total. The Bertz CT molecular complexity index is 865. The van der Waals surface area contributed by atoms with E-state index in [0.29, 0.717) is 26.3 Å². The monoisotopic (exact) mass is 402 g/mol. The molecule has 0 bridgehead atoms. The van der Waals surface area contributed by atoms with Crippen LogP contribution in [-0.2, 0) is 16.0 Å². The standard InChI is InChI=1S/C20H22N2O3S2/c1-5-25-20(24)18-13(4)17(26-11-21)19(27-18)22-16(23)10-14-6-8-15(9-7-14)12(2)3/h6-9,12H,5,10H2,1-4H3,(H,22,23). The van der Waals surface area contributed by atoms with E-state index in [9.17, 15) is 9.59 Å². The SMILES string of the molecule is CCOC(=O)c1sc(NC(=O)Cc2ccc(C(C)C)cc2)c(SC#N)c1C. The summed E-state index contributed by atoms with van der Waals surface area (Å²) >= 11 is 2.07. The van der Waals surface area contributed by atoms with Crippen molar-refractivity contribution < 1.29 is 14.3 Å². The molecule has 0 atom stereocenters. The molecule has 0 fully saturated rings. The molecule has 0 spiro atoms. The molecule has 27 heavy (non-hydrogen) atoms. The molecule has 7 heteroatoms. The fraction of sp³-hybridized carbons (Fsp3) is 0.350. The number of thioether (sulfide) groups is 1. The Kier molecular flexibility index (Phi) is 7.45. The second-order valence-corrected chi connectivity index (χ2v) is 8.07. The number of nitrogens with one attached hydrogen (secondary N) is 1. The molecule has 2 rings (SSSR count). The molecular formula is C20H22N2O3S2. The number of ether oxygens (including phenoxy) is 1. The van der Waals surface area contributed by atoms with Crippen molar-refractivity contribution in [3.8, 4) is 5.40 Å². The number of amides is 1. The van der Waals surface area contributed by atoms with Crippen LogP contribution in [0.1, 0.15) is 53.1 Å². The predicted molar refractivity (Wildman–Crippen MR) is 109 cm³/mol. The maximum absolute atomic E-state index is 12.5. The van der Waals surface area contributed by atoms with Crippen LogP contribution in [0.2, 0.25) is 0 Å². The number of rotatable bonds is 7. The summed E-state index contributed by atoms with van der Waals surface area (Å²) in [5.41, 5.74) is 2.78. The molecule has 1 amide bonds. The maximum atomic E-state index is 12.5. The van der Waals surface area contributed by atoms with Gasteiger partial charge >= 0.3 is 5.97 Å². The van der Waals surface area contributed by atoms with E-state index >= 15 is 0 Å². The van der Waals surface area contributed by atoms with Gasteiger partial charge in [0.1, 0.15) is 15.3 Å². The molecular weight excluding hydrogens is 380 g/mol. The number of hydrogen-bond donors (Lipinski definition) is 1. The van der Waals surface area contributed by atoms with Gasteiger partial charge in [0.25, 0.3) is 0 Å². The van der Waals surface area contributed by atoms with Crippen LogP contribution in [-0.4, -0.2) is 18.5 Å². The molecule has 0 radical (unpaired) electrons. The lowest BCUT2D eigenvalue weighted by Gasteiger charge is -2.08. The molecule has 5 nitrogen and oxygen atoms in total. The maximum Gasteiger partial charge on any atom is 0.348 e. The normalized spacial score (nSPS) is 10.5. The van der Waals surface area contributed by atoms with E-state index in [1.807, 2.05) is 29.7 Å². The van der Waals surface area contributed by atoms with Gasteiger partial charge in [-0.1, -0.05) is 38.1 Å². The Balaban J connectivity index is 2.17. The Labute approximate surface area is 167 Å². The summed E-state index contributed by atoms with van der Waals surface area (Å²) < 4.78 is 5.05. The van der Waals surface area contributed by atoms with Crippen molar-refractivity contribution in [2.45, 2.75) is 44.9 Å². The van der Waals surface area contributed by atoms with Crippen LogP contribution in [0.3, 0.4) is 0 Å². The van der Waals surface area contributed by atoms with Crippen molar-refractivity contribution in [2.24, 2.45) is 0 Å². The number of hydrogen-bond acceptors (Lipinski definition) is 6. The number of esters is 1. The van der Waals surface area contributed by atoms with E-state index in [1.54, 1.807) is 13.8 Å². The number of carbonyl (C=O) groups is 2. The van der Waals surface area contributed by atoms with Crippen LogP contribution in [0.5, 0.6) is 0 Å². The lowest BCUT2D eigenvalue weighted by Crippen LogP contribution is -2.14. The number of anilines is 1. The van der Waals surface area contributed by atoms with Gasteiger partial charge in [0.15, 0.2) is 0 Å². The summed E-state index contributed by atoms with van der Waals surface area (Å²) in [5.74, 6) is -0.192. The number of thiophene rings is 1. The van der Waals surface area contributed by atoms with Gasteiger partial charge in [0, 0.05) is 0 Å². The van der Waals surface area contributed by atoms with E-state index in [-0.39, 0.29) is 18.9 Å². The van der Waals surface area contributed by atoms with Crippen LogP contribution >= 0.6 is 23.1 Å². The first kappa shape index (κ1) is 21.0. The molecule has 1 aromatic carbocycles. The van der Waals surface area contributed by atoms with E-state index in [0.717, 1.165) is 28.7 Å².